The number of pyridine rings is 1. The minimum atomic E-state index is -0.982. The number of rotatable bonds is 2. The van der Waals surface area contributed by atoms with Crippen molar-refractivity contribution in [1.82, 2.24) is 4.98 Å². The Balaban J connectivity index is 2.84. The van der Waals surface area contributed by atoms with E-state index in [0.717, 1.165) is 0 Å². The number of benzene rings is 1. The summed E-state index contributed by atoms with van der Waals surface area (Å²) in [5, 5.41) is 9.78. The monoisotopic (exact) mass is 265 g/mol. The molecule has 0 atom stereocenters. The molecule has 19 heavy (non-hydrogen) atoms. The summed E-state index contributed by atoms with van der Waals surface area (Å²) in [5.74, 6) is -2.36. The average molecular weight is 265 g/mol. The van der Waals surface area contributed by atoms with Gasteiger partial charge >= 0.3 is 5.97 Å². The van der Waals surface area contributed by atoms with Crippen molar-refractivity contribution < 1.29 is 19.0 Å². The van der Waals surface area contributed by atoms with Crippen LogP contribution in [0, 0.1) is 12.7 Å². The second-order valence-corrected chi connectivity index (χ2v) is 4.02. The van der Waals surface area contributed by atoms with E-state index in [1.54, 1.807) is 6.92 Å². The quantitative estimate of drug-likeness (QED) is 0.812. The number of aryl methyl sites for hydroxylation is 1. The van der Waals surface area contributed by atoms with E-state index in [4.69, 9.17) is 0 Å². The summed E-state index contributed by atoms with van der Waals surface area (Å²) in [5.41, 5.74) is -0.978. The number of hydrogen-bond donors (Lipinski definition) is 2. The molecule has 0 aliphatic heterocycles. The van der Waals surface area contributed by atoms with E-state index in [1.807, 2.05) is 0 Å². The number of nitrogens with one attached hydrogen (secondary N) is 1. The molecule has 0 bridgehead atoms. The standard InChI is InChI=1S/C13H12FNO4/c1-3-19-13(18)9-11(16)8-7(15-12(9)17)5-4-6(2)10(8)14/h4-5H,3H2,1-2H3,(H2,15,16,17). The number of aromatic hydroxyl groups is 1. The minimum Gasteiger partial charge on any atom is -0.506 e. The van der Waals surface area contributed by atoms with Gasteiger partial charge in [-0.3, -0.25) is 4.79 Å². The molecule has 100 valence electrons. The van der Waals surface area contributed by atoms with Crippen LogP contribution in [0.5, 0.6) is 5.75 Å². The lowest BCUT2D eigenvalue weighted by Gasteiger charge is -2.08. The molecule has 2 rings (SSSR count). The maximum absolute atomic E-state index is 14.0. The Labute approximate surface area is 107 Å². The fourth-order valence-electron chi connectivity index (χ4n) is 1.83. The molecule has 5 nitrogen and oxygen atoms in total. The molecule has 1 aromatic heterocycles. The van der Waals surface area contributed by atoms with E-state index < -0.39 is 28.7 Å². The van der Waals surface area contributed by atoms with Crippen LogP contribution in [-0.2, 0) is 4.74 Å². The number of carbonyl (C=O) groups is 1. The van der Waals surface area contributed by atoms with Gasteiger partial charge < -0.3 is 14.8 Å². The molecular weight excluding hydrogens is 253 g/mol. The van der Waals surface area contributed by atoms with Gasteiger partial charge in [0.25, 0.3) is 5.56 Å². The van der Waals surface area contributed by atoms with Gasteiger partial charge in [0, 0.05) is 0 Å². The van der Waals surface area contributed by atoms with Crippen molar-refractivity contribution in [3.8, 4) is 5.75 Å². The second kappa shape index (κ2) is 4.72. The van der Waals surface area contributed by atoms with Crippen molar-refractivity contribution in [3.63, 3.8) is 0 Å². The predicted molar refractivity (Wildman–Crippen MR) is 66.9 cm³/mol. The normalized spacial score (nSPS) is 10.7. The van der Waals surface area contributed by atoms with Crippen LogP contribution in [0.3, 0.4) is 0 Å². The molecule has 0 saturated heterocycles. The molecule has 0 unspecified atom stereocenters. The number of carbonyl (C=O) groups excluding carboxylic acids is 1. The lowest BCUT2D eigenvalue weighted by Crippen LogP contribution is -2.20. The number of fused-ring (bicyclic) bond motifs is 1. The molecule has 0 amide bonds. The highest BCUT2D eigenvalue weighted by molar-refractivity contribution is 5.99. The van der Waals surface area contributed by atoms with Crippen LogP contribution in [0.25, 0.3) is 10.9 Å². The Hall–Kier alpha value is -2.37. The summed E-state index contributed by atoms with van der Waals surface area (Å²) in [6.07, 6.45) is 0. The van der Waals surface area contributed by atoms with E-state index in [-0.39, 0.29) is 17.5 Å². The van der Waals surface area contributed by atoms with Gasteiger partial charge in [-0.2, -0.15) is 0 Å². The Morgan fingerprint density at radius 3 is 2.79 bits per heavy atom. The number of aromatic nitrogens is 1. The number of esters is 1. The first-order chi connectivity index (χ1) is 8.97. The Morgan fingerprint density at radius 2 is 2.16 bits per heavy atom. The summed E-state index contributed by atoms with van der Waals surface area (Å²) in [4.78, 5) is 25.7. The van der Waals surface area contributed by atoms with Crippen LogP contribution in [0.15, 0.2) is 16.9 Å². The summed E-state index contributed by atoms with van der Waals surface area (Å²) < 4.78 is 18.7. The number of ether oxygens (including phenoxy) is 1. The highest BCUT2D eigenvalue weighted by atomic mass is 19.1. The number of H-pyrrole nitrogens is 1. The van der Waals surface area contributed by atoms with Crippen molar-refractivity contribution in [2.75, 3.05) is 6.61 Å². The van der Waals surface area contributed by atoms with E-state index >= 15 is 0 Å². The van der Waals surface area contributed by atoms with Gasteiger partial charge in [-0.15, -0.1) is 0 Å². The molecule has 0 fully saturated rings. The van der Waals surface area contributed by atoms with Crippen molar-refractivity contribution in [3.05, 3.63) is 39.4 Å². The fourth-order valence-corrected chi connectivity index (χ4v) is 1.83. The van der Waals surface area contributed by atoms with Gasteiger partial charge in [0.15, 0.2) is 5.56 Å². The Kier molecular flexibility index (Phi) is 3.25. The molecule has 0 radical (unpaired) electrons. The third kappa shape index (κ3) is 2.05. The Bertz CT molecular complexity index is 721. The van der Waals surface area contributed by atoms with Gasteiger partial charge in [0.05, 0.1) is 17.5 Å². The van der Waals surface area contributed by atoms with Gasteiger partial charge in [0.2, 0.25) is 0 Å². The first kappa shape index (κ1) is 13.1. The van der Waals surface area contributed by atoms with Gasteiger partial charge in [-0.25, -0.2) is 9.18 Å². The van der Waals surface area contributed by atoms with E-state index in [1.165, 1.54) is 19.1 Å². The summed E-state index contributed by atoms with van der Waals surface area (Å²) in [6.45, 7) is 3.13. The summed E-state index contributed by atoms with van der Waals surface area (Å²) >= 11 is 0. The fraction of sp³-hybridized carbons (Fsp3) is 0.231. The third-order valence-electron chi connectivity index (χ3n) is 2.76. The van der Waals surface area contributed by atoms with Crippen molar-refractivity contribution in [1.29, 1.82) is 0 Å². The molecule has 1 aromatic carbocycles. The lowest BCUT2D eigenvalue weighted by molar-refractivity contribution is 0.0521. The van der Waals surface area contributed by atoms with Crippen LogP contribution >= 0.6 is 0 Å². The molecule has 0 aliphatic carbocycles. The first-order valence-electron chi connectivity index (χ1n) is 5.68. The van der Waals surface area contributed by atoms with Gasteiger partial charge in [-0.05, 0) is 25.5 Å². The third-order valence-corrected chi connectivity index (χ3v) is 2.76. The van der Waals surface area contributed by atoms with Crippen LogP contribution in [-0.4, -0.2) is 22.7 Å². The van der Waals surface area contributed by atoms with Crippen LogP contribution in [0.1, 0.15) is 22.8 Å². The van der Waals surface area contributed by atoms with Crippen molar-refractivity contribution in [2.24, 2.45) is 0 Å². The summed E-state index contributed by atoms with van der Waals surface area (Å²) in [7, 11) is 0. The molecule has 6 heteroatoms. The smallest absolute Gasteiger partial charge is 0.347 e. The lowest BCUT2D eigenvalue weighted by atomic mass is 10.1. The van der Waals surface area contributed by atoms with E-state index in [0.29, 0.717) is 5.56 Å². The van der Waals surface area contributed by atoms with Crippen molar-refractivity contribution in [2.45, 2.75) is 13.8 Å². The van der Waals surface area contributed by atoms with Crippen LogP contribution in [0.4, 0.5) is 4.39 Å². The minimum absolute atomic E-state index is 0.0477. The highest BCUT2D eigenvalue weighted by Crippen LogP contribution is 2.29. The number of hydrogen-bond acceptors (Lipinski definition) is 4. The molecule has 0 saturated carbocycles. The summed E-state index contributed by atoms with van der Waals surface area (Å²) in [6, 6.07) is 2.93. The van der Waals surface area contributed by atoms with Crippen molar-refractivity contribution >= 4 is 16.9 Å². The predicted octanol–water partition coefficient (Wildman–Crippen LogP) is 1.86. The van der Waals surface area contributed by atoms with Gasteiger partial charge in [0.1, 0.15) is 11.6 Å². The molecule has 0 spiro atoms. The SMILES string of the molecule is CCOC(=O)c1c(O)c2c(F)c(C)ccc2[nH]c1=O. The molecule has 2 aromatic rings. The molecule has 1 heterocycles. The first-order valence-corrected chi connectivity index (χ1v) is 5.68. The maximum atomic E-state index is 14.0. The average Bonchev–Trinajstić information content (AvgIpc) is 2.34. The molecule has 0 aliphatic rings. The van der Waals surface area contributed by atoms with Crippen LogP contribution < -0.4 is 5.56 Å². The second-order valence-electron chi connectivity index (χ2n) is 4.02. The van der Waals surface area contributed by atoms with Crippen LogP contribution in [0.2, 0.25) is 0 Å². The van der Waals surface area contributed by atoms with Gasteiger partial charge in [-0.1, -0.05) is 6.07 Å². The Morgan fingerprint density at radius 1 is 1.47 bits per heavy atom. The number of halogens is 1. The largest absolute Gasteiger partial charge is 0.506 e. The maximum Gasteiger partial charge on any atom is 0.347 e. The molecule has 2 N–H and O–H groups in total. The zero-order chi connectivity index (χ0) is 14.2. The number of aromatic amines is 1. The molecular formula is C13H12FNO4. The topological polar surface area (TPSA) is 79.4 Å². The van der Waals surface area contributed by atoms with E-state index in [2.05, 4.69) is 9.72 Å². The zero-order valence-corrected chi connectivity index (χ0v) is 10.4. The highest BCUT2D eigenvalue weighted by Gasteiger charge is 2.22. The zero-order valence-electron chi connectivity index (χ0n) is 10.4. The van der Waals surface area contributed by atoms with E-state index in [9.17, 15) is 19.1 Å².